The fourth-order valence-electron chi connectivity index (χ4n) is 4.15. The largest absolute Gasteiger partial charge is 0.337 e. The van der Waals surface area contributed by atoms with Gasteiger partial charge in [0, 0.05) is 77.4 Å². The van der Waals surface area contributed by atoms with E-state index in [1.165, 1.54) is 94.1 Å². The molecule has 0 aliphatic carbocycles. The highest BCUT2D eigenvalue weighted by Crippen LogP contribution is 2.00. The van der Waals surface area contributed by atoms with Crippen LogP contribution in [0.3, 0.4) is 0 Å². The maximum Gasteiger partial charge on any atom is 0.242 e. The molecular formula is C33H56N10O11. The van der Waals surface area contributed by atoms with E-state index in [-0.39, 0.29) is 44.4 Å². The number of ketones is 1. The lowest BCUT2D eigenvalue weighted by Crippen LogP contribution is -2.49. The molecule has 0 aromatic rings. The van der Waals surface area contributed by atoms with Crippen LogP contribution < -0.4 is 0 Å². The fraction of sp³-hybridized carbons (Fsp3) is 0.667. The Labute approximate surface area is 316 Å². The molecule has 0 aromatic heterocycles. The van der Waals surface area contributed by atoms with Crippen LogP contribution in [0.1, 0.15) is 13.8 Å². The van der Waals surface area contributed by atoms with Gasteiger partial charge in [0.05, 0.1) is 65.4 Å². The Morgan fingerprint density at radius 1 is 0.241 bits per heavy atom. The third-order valence-corrected chi connectivity index (χ3v) is 8.18. The predicted molar refractivity (Wildman–Crippen MR) is 193 cm³/mol. The van der Waals surface area contributed by atoms with Gasteiger partial charge in [-0.1, -0.05) is 0 Å². The number of Topliss-reactive ketones (excluding diaryl/α,β-unsaturated/α-hetero) is 1. The van der Waals surface area contributed by atoms with Crippen LogP contribution in [-0.4, -0.2) is 250 Å². The van der Waals surface area contributed by atoms with E-state index in [4.69, 9.17) is 0 Å². The highest BCUT2D eigenvalue weighted by molar-refractivity contribution is 5.94. The molecule has 0 N–H and O–H groups in total. The number of carbonyl (C=O) groups excluding carboxylic acids is 11. The zero-order chi connectivity index (χ0) is 42.2. The number of likely N-dealkylation sites (N-methyl/N-ethyl adjacent to an activating group) is 10. The van der Waals surface area contributed by atoms with Crippen LogP contribution in [0, 0.1) is 0 Å². The lowest BCUT2D eigenvalue weighted by molar-refractivity contribution is -0.146. The number of carbonyl (C=O) groups is 11. The quantitative estimate of drug-likeness (QED) is 0.114. The monoisotopic (exact) mass is 768 g/mol. The minimum absolute atomic E-state index is 0.102. The molecule has 0 saturated carbocycles. The van der Waals surface area contributed by atoms with E-state index in [2.05, 4.69) is 0 Å². The molecule has 10 amide bonds. The predicted octanol–water partition coefficient (Wildman–Crippen LogP) is -4.82. The number of amides is 10. The minimum Gasteiger partial charge on any atom is -0.337 e. The van der Waals surface area contributed by atoms with Crippen LogP contribution in [0.5, 0.6) is 0 Å². The summed E-state index contributed by atoms with van der Waals surface area (Å²) in [5.41, 5.74) is 0. The summed E-state index contributed by atoms with van der Waals surface area (Å²) in [6.45, 7) is -0.805. The van der Waals surface area contributed by atoms with Crippen LogP contribution in [0.2, 0.25) is 0 Å². The van der Waals surface area contributed by atoms with Gasteiger partial charge in [-0.15, -0.1) is 0 Å². The zero-order valence-corrected chi connectivity index (χ0v) is 33.5. The van der Waals surface area contributed by atoms with Crippen molar-refractivity contribution in [2.75, 3.05) is 136 Å². The molecule has 21 heteroatoms. The molecule has 0 spiro atoms. The van der Waals surface area contributed by atoms with Crippen molar-refractivity contribution in [1.29, 1.82) is 0 Å². The Hall–Kier alpha value is -5.63. The number of rotatable bonds is 20. The lowest BCUT2D eigenvalue weighted by Gasteiger charge is -2.27. The lowest BCUT2D eigenvalue weighted by atomic mass is 10.3. The molecule has 0 radical (unpaired) electrons. The summed E-state index contributed by atoms with van der Waals surface area (Å²) < 4.78 is 0. The third kappa shape index (κ3) is 17.3. The van der Waals surface area contributed by atoms with Gasteiger partial charge in [0.15, 0.2) is 0 Å². The van der Waals surface area contributed by atoms with E-state index >= 15 is 0 Å². The second kappa shape index (κ2) is 22.4. The van der Waals surface area contributed by atoms with E-state index in [0.29, 0.717) is 0 Å². The molecule has 0 atom stereocenters. The van der Waals surface area contributed by atoms with E-state index in [1.807, 2.05) is 0 Å². The van der Waals surface area contributed by atoms with Crippen molar-refractivity contribution >= 4 is 64.9 Å². The summed E-state index contributed by atoms with van der Waals surface area (Å²) in [7, 11) is 13.7. The van der Waals surface area contributed by atoms with E-state index in [9.17, 15) is 52.7 Å². The summed E-state index contributed by atoms with van der Waals surface area (Å²) >= 11 is 0. The Kier molecular flexibility index (Phi) is 20.1. The van der Waals surface area contributed by atoms with E-state index in [0.717, 1.165) is 39.2 Å². The molecule has 0 unspecified atom stereocenters. The second-order valence-electron chi connectivity index (χ2n) is 13.3. The van der Waals surface area contributed by atoms with Crippen molar-refractivity contribution in [2.24, 2.45) is 0 Å². The molecule has 304 valence electrons. The standard InChI is InChI=1S/C33H56N10O11/c1-23(44)13-35(4)26(47)15-37(6)28(49)17-39(8)30(51)19-41(10)32(53)21-43(12)33(54)22-42(11)31(52)20-40(9)29(50)18-38(7)27(48)16-36(5)25(46)14-34(3)24(2)45/h13-22H2,1-12H3. The zero-order valence-electron chi connectivity index (χ0n) is 33.5. The van der Waals surface area contributed by atoms with Crippen molar-refractivity contribution in [3.8, 4) is 0 Å². The van der Waals surface area contributed by atoms with Gasteiger partial charge >= 0.3 is 0 Å². The van der Waals surface area contributed by atoms with Gasteiger partial charge in [-0.05, 0) is 6.92 Å². The normalized spacial score (nSPS) is 10.3. The fourth-order valence-corrected chi connectivity index (χ4v) is 4.15. The molecule has 21 nitrogen and oxygen atoms in total. The molecule has 0 rings (SSSR count). The SMILES string of the molecule is CC(=O)CN(C)C(=O)CN(C)C(=O)CN(C)C(=O)CN(C)C(=O)CN(C)C(=O)CN(C)C(=O)CN(C)C(=O)CN(C)C(=O)CN(C)C(=O)CN(C)C(C)=O. The van der Waals surface area contributed by atoms with Crippen molar-refractivity contribution in [1.82, 2.24) is 49.0 Å². The van der Waals surface area contributed by atoms with Crippen molar-refractivity contribution < 1.29 is 52.7 Å². The van der Waals surface area contributed by atoms with Gasteiger partial charge in [-0.25, -0.2) is 0 Å². The first kappa shape index (κ1) is 48.4. The highest BCUT2D eigenvalue weighted by atomic mass is 16.2. The molecule has 0 heterocycles. The van der Waals surface area contributed by atoms with Gasteiger partial charge < -0.3 is 49.0 Å². The van der Waals surface area contributed by atoms with E-state index in [1.54, 1.807) is 0 Å². The summed E-state index contributed by atoms with van der Waals surface area (Å²) in [6, 6.07) is 0. The van der Waals surface area contributed by atoms with E-state index < -0.39 is 85.9 Å². The Morgan fingerprint density at radius 2 is 0.370 bits per heavy atom. The van der Waals surface area contributed by atoms with Crippen LogP contribution in [0.25, 0.3) is 0 Å². The third-order valence-electron chi connectivity index (χ3n) is 8.18. The van der Waals surface area contributed by atoms with Crippen LogP contribution in [0.4, 0.5) is 0 Å². The maximum atomic E-state index is 12.8. The molecule has 0 aliphatic heterocycles. The smallest absolute Gasteiger partial charge is 0.242 e. The molecule has 0 fully saturated rings. The molecule has 54 heavy (non-hydrogen) atoms. The van der Waals surface area contributed by atoms with Gasteiger partial charge in [0.2, 0.25) is 59.1 Å². The minimum atomic E-state index is -0.611. The van der Waals surface area contributed by atoms with Gasteiger partial charge in [-0.3, -0.25) is 52.7 Å². The number of nitrogens with zero attached hydrogens (tertiary/aromatic N) is 10. The first-order valence-corrected chi connectivity index (χ1v) is 16.7. The van der Waals surface area contributed by atoms with Crippen LogP contribution in [-0.2, 0) is 52.7 Å². The summed E-state index contributed by atoms with van der Waals surface area (Å²) in [4.78, 5) is 147. The summed E-state index contributed by atoms with van der Waals surface area (Å²) in [6.07, 6.45) is 0. The molecule has 0 bridgehead atoms. The summed E-state index contributed by atoms with van der Waals surface area (Å²) in [5.74, 6) is -5.56. The first-order valence-electron chi connectivity index (χ1n) is 16.7. The average Bonchev–Trinajstić information content (AvgIpc) is 3.06. The van der Waals surface area contributed by atoms with Crippen LogP contribution in [0.15, 0.2) is 0 Å². The maximum absolute atomic E-state index is 12.8. The number of hydrogen-bond donors (Lipinski definition) is 0. The van der Waals surface area contributed by atoms with Gasteiger partial charge in [-0.2, -0.15) is 0 Å². The first-order chi connectivity index (χ1) is 24.8. The second-order valence-corrected chi connectivity index (χ2v) is 13.3. The van der Waals surface area contributed by atoms with Crippen molar-refractivity contribution in [3.63, 3.8) is 0 Å². The molecule has 0 aromatic carbocycles. The Morgan fingerprint density at radius 3 is 0.500 bits per heavy atom. The van der Waals surface area contributed by atoms with Crippen molar-refractivity contribution in [3.05, 3.63) is 0 Å². The number of hydrogen-bond acceptors (Lipinski definition) is 11. The topological polar surface area (TPSA) is 220 Å². The average molecular weight is 769 g/mol. The molecular weight excluding hydrogens is 712 g/mol. The highest BCUT2D eigenvalue weighted by Gasteiger charge is 2.26. The Bertz CT molecular complexity index is 1460. The molecule has 0 aliphatic rings. The van der Waals surface area contributed by atoms with Gasteiger partial charge in [0.25, 0.3) is 0 Å². The van der Waals surface area contributed by atoms with Crippen molar-refractivity contribution in [2.45, 2.75) is 13.8 Å². The molecule has 0 saturated heterocycles. The van der Waals surface area contributed by atoms with Crippen LogP contribution >= 0.6 is 0 Å². The summed E-state index contributed by atoms with van der Waals surface area (Å²) in [5, 5.41) is 0. The van der Waals surface area contributed by atoms with Gasteiger partial charge in [0.1, 0.15) is 5.78 Å². The Balaban J connectivity index is 4.87.